The van der Waals surface area contributed by atoms with Crippen molar-refractivity contribution in [1.82, 2.24) is 4.90 Å². The van der Waals surface area contributed by atoms with E-state index in [4.69, 9.17) is 10.5 Å². The third kappa shape index (κ3) is 4.73. The lowest BCUT2D eigenvalue weighted by molar-refractivity contribution is -0.132. The summed E-state index contributed by atoms with van der Waals surface area (Å²) >= 11 is 0. The van der Waals surface area contributed by atoms with Crippen molar-refractivity contribution in [3.05, 3.63) is 29.8 Å². The van der Waals surface area contributed by atoms with E-state index in [1.807, 2.05) is 36.1 Å². The summed E-state index contributed by atoms with van der Waals surface area (Å²) in [7, 11) is 0. The minimum Gasteiger partial charge on any atom is -0.493 e. The Kier molecular flexibility index (Phi) is 6.25. The van der Waals surface area contributed by atoms with Crippen molar-refractivity contribution < 1.29 is 9.53 Å². The Morgan fingerprint density at radius 3 is 2.68 bits per heavy atom. The number of carbonyl (C=O) groups is 1. The van der Waals surface area contributed by atoms with E-state index in [9.17, 15) is 4.79 Å². The molecule has 0 spiro atoms. The number of aryl methyl sites for hydroxylation is 1. The molecule has 1 aliphatic rings. The summed E-state index contributed by atoms with van der Waals surface area (Å²) in [5, 5.41) is 0. The Balaban J connectivity index is 1.65. The van der Waals surface area contributed by atoms with Gasteiger partial charge in [0.2, 0.25) is 5.91 Å². The van der Waals surface area contributed by atoms with Crippen LogP contribution >= 0.6 is 0 Å². The highest BCUT2D eigenvalue weighted by molar-refractivity contribution is 5.76. The van der Waals surface area contributed by atoms with Gasteiger partial charge in [0.25, 0.3) is 0 Å². The molecule has 1 aromatic carbocycles. The van der Waals surface area contributed by atoms with Gasteiger partial charge in [-0.3, -0.25) is 4.79 Å². The van der Waals surface area contributed by atoms with Crippen molar-refractivity contribution in [2.24, 2.45) is 11.7 Å². The van der Waals surface area contributed by atoms with Gasteiger partial charge in [-0.15, -0.1) is 0 Å². The van der Waals surface area contributed by atoms with E-state index in [1.165, 1.54) is 0 Å². The standard InChI is InChI=1S/C18H28N2O2/c1-14-6-3-4-7-17(14)22-13-5-8-18(21)20-11-9-16(10-12-20)15(2)19/h3-4,6-7,15-16H,5,8-13,19H2,1-2H3. The van der Waals surface area contributed by atoms with Gasteiger partial charge in [0.15, 0.2) is 0 Å². The second kappa shape index (κ2) is 8.18. The Bertz CT molecular complexity index is 480. The fraction of sp³-hybridized carbons (Fsp3) is 0.611. The SMILES string of the molecule is Cc1ccccc1OCCCC(=O)N1CCC(C(C)N)CC1. The van der Waals surface area contributed by atoms with Crippen LogP contribution in [0.4, 0.5) is 0 Å². The molecule has 122 valence electrons. The number of para-hydroxylation sites is 1. The fourth-order valence-electron chi connectivity index (χ4n) is 2.96. The second-order valence-electron chi connectivity index (χ2n) is 6.29. The predicted octanol–water partition coefficient (Wildman–Crippen LogP) is 2.74. The molecule has 2 N–H and O–H groups in total. The maximum atomic E-state index is 12.2. The van der Waals surface area contributed by atoms with E-state index in [1.54, 1.807) is 0 Å². The maximum Gasteiger partial charge on any atom is 0.222 e. The fourth-order valence-corrected chi connectivity index (χ4v) is 2.96. The third-order valence-corrected chi connectivity index (χ3v) is 4.52. The van der Waals surface area contributed by atoms with Crippen LogP contribution in [0.25, 0.3) is 0 Å². The van der Waals surface area contributed by atoms with Crippen LogP contribution in [0.5, 0.6) is 5.75 Å². The number of carbonyl (C=O) groups excluding carboxylic acids is 1. The average molecular weight is 304 g/mol. The van der Waals surface area contributed by atoms with Crippen LogP contribution in [0.1, 0.15) is 38.2 Å². The zero-order chi connectivity index (χ0) is 15.9. The minimum absolute atomic E-state index is 0.236. The van der Waals surface area contributed by atoms with Gasteiger partial charge in [0.1, 0.15) is 5.75 Å². The van der Waals surface area contributed by atoms with Gasteiger partial charge in [0.05, 0.1) is 6.61 Å². The number of piperidine rings is 1. The van der Waals surface area contributed by atoms with E-state index in [0.717, 1.165) is 43.7 Å². The molecule has 1 amide bonds. The first-order valence-electron chi connectivity index (χ1n) is 8.29. The molecule has 1 fully saturated rings. The van der Waals surface area contributed by atoms with Crippen molar-refractivity contribution in [3.8, 4) is 5.75 Å². The van der Waals surface area contributed by atoms with E-state index < -0.39 is 0 Å². The zero-order valence-corrected chi connectivity index (χ0v) is 13.8. The van der Waals surface area contributed by atoms with Gasteiger partial charge in [-0.25, -0.2) is 0 Å². The normalized spacial score (nSPS) is 17.3. The van der Waals surface area contributed by atoms with Crippen molar-refractivity contribution >= 4 is 5.91 Å². The molecule has 0 bridgehead atoms. The average Bonchev–Trinajstić information content (AvgIpc) is 2.53. The Morgan fingerprint density at radius 2 is 2.05 bits per heavy atom. The number of hydrogen-bond donors (Lipinski definition) is 1. The molecule has 0 aliphatic carbocycles. The predicted molar refractivity (Wildman–Crippen MR) is 88.9 cm³/mol. The smallest absolute Gasteiger partial charge is 0.222 e. The Labute approximate surface area is 133 Å². The molecule has 1 unspecified atom stereocenters. The summed E-state index contributed by atoms with van der Waals surface area (Å²) in [5.41, 5.74) is 7.07. The topological polar surface area (TPSA) is 55.6 Å². The molecule has 1 aromatic rings. The number of benzene rings is 1. The molecule has 4 heteroatoms. The summed E-state index contributed by atoms with van der Waals surface area (Å²) in [6.45, 7) is 6.38. The number of amides is 1. The molecule has 1 atom stereocenters. The monoisotopic (exact) mass is 304 g/mol. The molecular formula is C18H28N2O2. The van der Waals surface area contributed by atoms with Gasteiger partial charge >= 0.3 is 0 Å². The zero-order valence-electron chi connectivity index (χ0n) is 13.8. The molecule has 0 radical (unpaired) electrons. The second-order valence-corrected chi connectivity index (χ2v) is 6.29. The molecule has 1 saturated heterocycles. The van der Waals surface area contributed by atoms with Crippen LogP contribution in [-0.4, -0.2) is 36.5 Å². The lowest BCUT2D eigenvalue weighted by Gasteiger charge is -2.33. The molecular weight excluding hydrogens is 276 g/mol. The summed E-state index contributed by atoms with van der Waals surface area (Å²) in [6, 6.07) is 8.20. The van der Waals surface area contributed by atoms with Gasteiger partial charge < -0.3 is 15.4 Å². The quantitative estimate of drug-likeness (QED) is 0.822. The lowest BCUT2D eigenvalue weighted by Crippen LogP contribution is -2.42. The molecule has 0 saturated carbocycles. The Hall–Kier alpha value is -1.55. The van der Waals surface area contributed by atoms with Gasteiger partial charge in [-0.05, 0) is 50.7 Å². The van der Waals surface area contributed by atoms with E-state index >= 15 is 0 Å². The van der Waals surface area contributed by atoms with Crippen LogP contribution < -0.4 is 10.5 Å². The van der Waals surface area contributed by atoms with E-state index in [-0.39, 0.29) is 11.9 Å². The van der Waals surface area contributed by atoms with Crippen LogP contribution in [0.3, 0.4) is 0 Å². The van der Waals surface area contributed by atoms with Gasteiger partial charge in [-0.2, -0.15) is 0 Å². The maximum absolute atomic E-state index is 12.2. The molecule has 22 heavy (non-hydrogen) atoms. The molecule has 0 aromatic heterocycles. The van der Waals surface area contributed by atoms with Crippen molar-refractivity contribution in [1.29, 1.82) is 0 Å². The lowest BCUT2D eigenvalue weighted by atomic mass is 9.91. The highest BCUT2D eigenvalue weighted by Gasteiger charge is 2.24. The van der Waals surface area contributed by atoms with Crippen molar-refractivity contribution in [3.63, 3.8) is 0 Å². The first kappa shape index (κ1) is 16.8. The van der Waals surface area contributed by atoms with Crippen molar-refractivity contribution in [2.45, 2.75) is 45.6 Å². The van der Waals surface area contributed by atoms with Gasteiger partial charge in [0, 0.05) is 25.6 Å². The largest absolute Gasteiger partial charge is 0.493 e. The number of nitrogens with zero attached hydrogens (tertiary/aromatic N) is 1. The number of likely N-dealkylation sites (tertiary alicyclic amines) is 1. The number of rotatable bonds is 6. The number of nitrogens with two attached hydrogens (primary N) is 1. The highest BCUT2D eigenvalue weighted by Crippen LogP contribution is 2.20. The summed E-state index contributed by atoms with van der Waals surface area (Å²) in [6.07, 6.45) is 3.39. The van der Waals surface area contributed by atoms with Crippen molar-refractivity contribution in [2.75, 3.05) is 19.7 Å². The van der Waals surface area contributed by atoms with E-state index in [2.05, 4.69) is 6.92 Å². The minimum atomic E-state index is 0.236. The summed E-state index contributed by atoms with van der Waals surface area (Å²) in [5.74, 6) is 1.72. The summed E-state index contributed by atoms with van der Waals surface area (Å²) < 4.78 is 5.74. The number of hydrogen-bond acceptors (Lipinski definition) is 3. The van der Waals surface area contributed by atoms with Crippen LogP contribution in [0.15, 0.2) is 24.3 Å². The number of ether oxygens (including phenoxy) is 1. The highest BCUT2D eigenvalue weighted by atomic mass is 16.5. The molecule has 2 rings (SSSR count). The molecule has 1 heterocycles. The van der Waals surface area contributed by atoms with E-state index in [0.29, 0.717) is 18.9 Å². The first-order valence-corrected chi connectivity index (χ1v) is 8.29. The summed E-state index contributed by atoms with van der Waals surface area (Å²) in [4.78, 5) is 14.2. The Morgan fingerprint density at radius 1 is 1.36 bits per heavy atom. The van der Waals surface area contributed by atoms with Crippen LogP contribution in [0, 0.1) is 12.8 Å². The van der Waals surface area contributed by atoms with Gasteiger partial charge in [-0.1, -0.05) is 18.2 Å². The first-order chi connectivity index (χ1) is 10.6. The molecule has 1 aliphatic heterocycles. The van der Waals surface area contributed by atoms with Crippen LogP contribution in [0.2, 0.25) is 0 Å². The third-order valence-electron chi connectivity index (χ3n) is 4.52. The van der Waals surface area contributed by atoms with Crippen LogP contribution in [-0.2, 0) is 4.79 Å². The molecule has 4 nitrogen and oxygen atoms in total.